The highest BCUT2D eigenvalue weighted by Crippen LogP contribution is 2.40. The summed E-state index contributed by atoms with van der Waals surface area (Å²) in [5.74, 6) is -4.17. The maximum Gasteiger partial charge on any atom is 0.418 e. The molecule has 0 bridgehead atoms. The number of nitrogens with zero attached hydrogens (tertiary/aromatic N) is 1. The molecule has 0 saturated carbocycles. The first-order chi connectivity index (χ1) is 25.7. The Morgan fingerprint density at radius 3 is 2.28 bits per heavy atom. The van der Waals surface area contributed by atoms with Crippen LogP contribution in [0.1, 0.15) is 74.9 Å². The topological polar surface area (TPSA) is 142 Å². The van der Waals surface area contributed by atoms with Crippen molar-refractivity contribution in [2.75, 3.05) is 0 Å². The first-order valence-electron chi connectivity index (χ1n) is 18.1. The molecule has 1 aliphatic carbocycles. The molecule has 54 heavy (non-hydrogen) atoms. The molecule has 1 aliphatic rings. The minimum atomic E-state index is -4.65. The van der Waals surface area contributed by atoms with Gasteiger partial charge in [-0.3, -0.25) is 19.4 Å². The molecule has 5 rings (SSSR count). The maximum atomic E-state index is 14.7. The standard InChI is InChI=1S/C40H45F4N5O5/c1-5-23(3)33(47-32(50)20-26-10-7-8-13-30(26)41)36(51)49-39(17-14-31-28(21-39)27-11-9-12-29(35(27)46-31)40(42,43)44)38(53)48-34(24(4)6-2)37(52)54-22-25-15-18-45-19-16-25/h7-13,15-16,18-19,23-24,33-34,46H,5-6,14,17,20-22H2,1-4H3,(H,47,50)(H,48,53)(H,49,51)/t23?,24?,33-,34-,39+/m0/s1. The number of hydrogen-bond acceptors (Lipinski definition) is 6. The molecule has 14 heteroatoms. The lowest BCUT2D eigenvalue weighted by atomic mass is 9.78. The number of pyridine rings is 1. The van der Waals surface area contributed by atoms with Crippen LogP contribution in [0.15, 0.2) is 67.0 Å². The van der Waals surface area contributed by atoms with Gasteiger partial charge < -0.3 is 25.7 Å². The van der Waals surface area contributed by atoms with E-state index in [1.807, 2.05) is 13.8 Å². The third-order valence-electron chi connectivity index (χ3n) is 10.4. The van der Waals surface area contributed by atoms with E-state index in [2.05, 4.69) is 25.9 Å². The molecule has 0 aliphatic heterocycles. The molecule has 2 aromatic heterocycles. The van der Waals surface area contributed by atoms with Gasteiger partial charge >= 0.3 is 12.1 Å². The number of alkyl halides is 3. The number of ether oxygens (including phenoxy) is 1. The Bertz CT molecular complexity index is 1980. The Hall–Kier alpha value is -5.27. The van der Waals surface area contributed by atoms with Crippen LogP contribution < -0.4 is 16.0 Å². The van der Waals surface area contributed by atoms with Crippen LogP contribution in [0.25, 0.3) is 10.9 Å². The number of esters is 1. The van der Waals surface area contributed by atoms with Crippen LogP contribution in [-0.2, 0) is 56.0 Å². The Kier molecular flexibility index (Phi) is 12.4. The van der Waals surface area contributed by atoms with Gasteiger partial charge in [0.2, 0.25) is 17.7 Å². The molecule has 0 saturated heterocycles. The molecule has 2 unspecified atom stereocenters. The number of hydrogen-bond donors (Lipinski definition) is 4. The quantitative estimate of drug-likeness (QED) is 0.0905. The summed E-state index contributed by atoms with van der Waals surface area (Å²) in [5.41, 5.74) is -1.02. The molecule has 0 fully saturated rings. The van der Waals surface area contributed by atoms with Crippen LogP contribution in [0.3, 0.4) is 0 Å². The lowest BCUT2D eigenvalue weighted by molar-refractivity contribution is -0.151. The molecule has 0 spiro atoms. The fraction of sp³-hybridized carbons (Fsp3) is 0.425. The first-order valence-corrected chi connectivity index (χ1v) is 18.1. The fourth-order valence-corrected chi connectivity index (χ4v) is 6.79. The molecule has 2 heterocycles. The van der Waals surface area contributed by atoms with E-state index >= 15 is 0 Å². The number of para-hydroxylation sites is 1. The normalized spacial score (nSPS) is 17.8. The van der Waals surface area contributed by atoms with Crippen molar-refractivity contribution >= 4 is 34.6 Å². The monoisotopic (exact) mass is 751 g/mol. The summed E-state index contributed by atoms with van der Waals surface area (Å²) in [7, 11) is 0. The highest BCUT2D eigenvalue weighted by molar-refractivity contribution is 5.98. The molecule has 0 radical (unpaired) electrons. The third-order valence-corrected chi connectivity index (χ3v) is 10.4. The zero-order valence-corrected chi connectivity index (χ0v) is 30.6. The van der Waals surface area contributed by atoms with Gasteiger partial charge in [0.25, 0.3) is 0 Å². The van der Waals surface area contributed by atoms with Gasteiger partial charge in [-0.05, 0) is 65.6 Å². The number of nitrogens with one attached hydrogen (secondary N) is 4. The molecular formula is C40H45F4N5O5. The maximum absolute atomic E-state index is 14.7. The average molecular weight is 752 g/mol. The van der Waals surface area contributed by atoms with Crippen molar-refractivity contribution < 1.29 is 41.5 Å². The number of halogens is 4. The molecule has 288 valence electrons. The van der Waals surface area contributed by atoms with Crippen LogP contribution in [-0.4, -0.2) is 51.3 Å². The van der Waals surface area contributed by atoms with Gasteiger partial charge in [-0.1, -0.05) is 70.9 Å². The van der Waals surface area contributed by atoms with Gasteiger partial charge in [0.1, 0.15) is 30.0 Å². The summed E-state index contributed by atoms with van der Waals surface area (Å²) >= 11 is 0. The third kappa shape index (κ3) is 8.91. The van der Waals surface area contributed by atoms with Crippen LogP contribution in [0.5, 0.6) is 0 Å². The highest BCUT2D eigenvalue weighted by Gasteiger charge is 2.47. The number of fused-ring (bicyclic) bond motifs is 3. The lowest BCUT2D eigenvalue weighted by Gasteiger charge is -2.39. The Balaban J connectivity index is 1.49. The number of H-pyrrole nitrogens is 1. The van der Waals surface area contributed by atoms with E-state index in [1.165, 1.54) is 30.3 Å². The van der Waals surface area contributed by atoms with E-state index < -0.39 is 70.7 Å². The number of rotatable bonds is 14. The Morgan fingerprint density at radius 2 is 1.61 bits per heavy atom. The Morgan fingerprint density at radius 1 is 0.926 bits per heavy atom. The van der Waals surface area contributed by atoms with Crippen molar-refractivity contribution in [3.8, 4) is 0 Å². The summed E-state index contributed by atoms with van der Waals surface area (Å²) in [6, 6.07) is 10.6. The summed E-state index contributed by atoms with van der Waals surface area (Å²) in [6.45, 7) is 7.10. The summed E-state index contributed by atoms with van der Waals surface area (Å²) in [4.78, 5) is 62.6. The van der Waals surface area contributed by atoms with Gasteiger partial charge in [0.05, 0.1) is 17.5 Å². The van der Waals surface area contributed by atoms with Crippen LogP contribution in [0, 0.1) is 17.7 Å². The van der Waals surface area contributed by atoms with E-state index in [0.29, 0.717) is 29.7 Å². The molecule has 3 amide bonds. The second-order valence-corrected chi connectivity index (χ2v) is 14.1. The number of amides is 3. The van der Waals surface area contributed by atoms with Crippen LogP contribution >= 0.6 is 0 Å². The van der Waals surface area contributed by atoms with Gasteiger partial charge in [-0.15, -0.1) is 0 Å². The summed E-state index contributed by atoms with van der Waals surface area (Å²) < 4.78 is 62.1. The number of aromatic amines is 1. The van der Waals surface area contributed by atoms with E-state index in [9.17, 15) is 36.7 Å². The van der Waals surface area contributed by atoms with E-state index in [0.717, 1.165) is 6.07 Å². The predicted octanol–water partition coefficient (Wildman–Crippen LogP) is 6.11. The predicted molar refractivity (Wildman–Crippen MR) is 193 cm³/mol. The minimum Gasteiger partial charge on any atom is -0.459 e. The number of aromatic nitrogens is 2. The highest BCUT2D eigenvalue weighted by atomic mass is 19.4. The molecule has 10 nitrogen and oxygen atoms in total. The van der Waals surface area contributed by atoms with Gasteiger partial charge in [0.15, 0.2) is 0 Å². The van der Waals surface area contributed by atoms with Crippen molar-refractivity contribution in [2.24, 2.45) is 11.8 Å². The SMILES string of the molecule is CCC(C)[C@H](NC(=O)Cc1ccccc1F)C(=O)N[C@]1(C(=O)N[C@H](C(=O)OCc2ccncc2)C(C)CC)CCc2[nH]c3c(C(F)(F)F)cccc3c2C1. The fourth-order valence-electron chi connectivity index (χ4n) is 6.79. The molecular weight excluding hydrogens is 706 g/mol. The van der Waals surface area contributed by atoms with Crippen molar-refractivity contribution in [1.29, 1.82) is 0 Å². The molecule has 4 aromatic rings. The second-order valence-electron chi connectivity index (χ2n) is 14.1. The average Bonchev–Trinajstić information content (AvgIpc) is 3.52. The smallest absolute Gasteiger partial charge is 0.418 e. The molecule has 5 atom stereocenters. The van der Waals surface area contributed by atoms with Crippen molar-refractivity contribution in [3.63, 3.8) is 0 Å². The lowest BCUT2D eigenvalue weighted by Crippen LogP contribution is -2.66. The van der Waals surface area contributed by atoms with Crippen LogP contribution in [0.4, 0.5) is 17.6 Å². The van der Waals surface area contributed by atoms with E-state index in [4.69, 9.17) is 4.74 Å². The number of carbonyl (C=O) groups is 4. The second kappa shape index (κ2) is 16.8. The number of benzene rings is 2. The number of carbonyl (C=O) groups excluding carboxylic acids is 4. The number of aryl methyl sites for hydroxylation is 1. The van der Waals surface area contributed by atoms with Crippen molar-refractivity contribution in [2.45, 2.75) is 96.6 Å². The van der Waals surface area contributed by atoms with E-state index in [-0.39, 0.29) is 48.8 Å². The van der Waals surface area contributed by atoms with Crippen LogP contribution in [0.2, 0.25) is 0 Å². The first kappa shape index (κ1) is 39.9. The van der Waals surface area contributed by atoms with E-state index in [1.54, 1.807) is 44.4 Å². The zero-order valence-electron chi connectivity index (χ0n) is 30.6. The summed E-state index contributed by atoms with van der Waals surface area (Å²) in [5, 5.41) is 8.69. The van der Waals surface area contributed by atoms with Gasteiger partial charge in [0, 0.05) is 29.9 Å². The Labute approximate surface area is 310 Å². The zero-order chi connectivity index (χ0) is 39.2. The van der Waals surface area contributed by atoms with Gasteiger partial charge in [-0.2, -0.15) is 13.2 Å². The van der Waals surface area contributed by atoms with Crippen molar-refractivity contribution in [1.82, 2.24) is 25.9 Å². The van der Waals surface area contributed by atoms with Crippen molar-refractivity contribution in [3.05, 3.63) is 101 Å². The summed E-state index contributed by atoms with van der Waals surface area (Å²) in [6.07, 6.45) is -1.12. The minimum absolute atomic E-state index is 0.0402. The molecule has 4 N–H and O–H groups in total. The van der Waals surface area contributed by atoms with Gasteiger partial charge in [-0.25, -0.2) is 9.18 Å². The molecule has 2 aromatic carbocycles. The largest absolute Gasteiger partial charge is 0.459 e.